The fourth-order valence-corrected chi connectivity index (χ4v) is 0.482. The van der Waals surface area contributed by atoms with Crippen molar-refractivity contribution in [2.24, 2.45) is 5.73 Å². The first-order valence-corrected chi connectivity index (χ1v) is 2.55. The Bertz CT molecular complexity index is 166. The molecule has 9 heavy (non-hydrogen) atoms. The summed E-state index contributed by atoms with van der Waals surface area (Å²) < 4.78 is 9.58. The molecule has 50 valence electrons. The topological polar surface area (TPSA) is 61.3 Å². The zero-order valence-corrected chi connectivity index (χ0v) is 5.13. The highest BCUT2D eigenvalue weighted by molar-refractivity contribution is 5.01. The number of nitrogens with two attached hydrogens (primary N) is 1. The van der Waals surface area contributed by atoms with Gasteiger partial charge in [0.25, 0.3) is 5.88 Å². The third kappa shape index (κ3) is 1.20. The van der Waals surface area contributed by atoms with Crippen molar-refractivity contribution in [3.63, 3.8) is 0 Å². The molecule has 0 aliphatic carbocycles. The lowest BCUT2D eigenvalue weighted by Gasteiger charge is -1.85. The van der Waals surface area contributed by atoms with E-state index in [1.807, 2.05) is 0 Å². The lowest BCUT2D eigenvalue weighted by Crippen LogP contribution is -1.95. The van der Waals surface area contributed by atoms with Gasteiger partial charge in [0.1, 0.15) is 0 Å². The first-order valence-electron chi connectivity index (χ1n) is 2.55. The molecule has 0 aliphatic rings. The maximum absolute atomic E-state index is 5.21. The molecule has 0 radical (unpaired) electrons. The van der Waals surface area contributed by atoms with Crippen LogP contribution in [0.25, 0.3) is 0 Å². The SMILES string of the molecule is COc1coc(CN)n1. The molecule has 0 saturated carbocycles. The van der Waals surface area contributed by atoms with Crippen LogP contribution in [0.5, 0.6) is 5.88 Å². The van der Waals surface area contributed by atoms with Crippen LogP contribution < -0.4 is 10.5 Å². The largest absolute Gasteiger partial charge is 0.479 e. The zero-order valence-electron chi connectivity index (χ0n) is 5.13. The number of ether oxygens (including phenoxy) is 1. The maximum Gasteiger partial charge on any atom is 0.252 e. The summed E-state index contributed by atoms with van der Waals surface area (Å²) >= 11 is 0. The summed E-state index contributed by atoms with van der Waals surface area (Å²) in [6.45, 7) is 0.309. The molecule has 1 heterocycles. The highest BCUT2D eigenvalue weighted by Crippen LogP contribution is 2.07. The molecular weight excluding hydrogens is 120 g/mol. The lowest BCUT2D eigenvalue weighted by atomic mass is 10.7. The van der Waals surface area contributed by atoms with Gasteiger partial charge in [-0.25, -0.2) is 0 Å². The van der Waals surface area contributed by atoms with Gasteiger partial charge < -0.3 is 14.9 Å². The molecule has 0 atom stereocenters. The van der Waals surface area contributed by atoms with Crippen molar-refractivity contribution in [1.29, 1.82) is 0 Å². The molecule has 0 aliphatic heterocycles. The van der Waals surface area contributed by atoms with Gasteiger partial charge in [0.15, 0.2) is 6.26 Å². The monoisotopic (exact) mass is 128 g/mol. The van der Waals surface area contributed by atoms with Crippen molar-refractivity contribution in [3.8, 4) is 5.88 Å². The van der Waals surface area contributed by atoms with Crippen LogP contribution in [0.2, 0.25) is 0 Å². The van der Waals surface area contributed by atoms with Gasteiger partial charge in [-0.2, -0.15) is 4.98 Å². The summed E-state index contributed by atoms with van der Waals surface area (Å²) in [4.78, 5) is 3.83. The molecule has 4 nitrogen and oxygen atoms in total. The van der Waals surface area contributed by atoms with Crippen molar-refractivity contribution in [3.05, 3.63) is 12.2 Å². The van der Waals surface area contributed by atoms with Gasteiger partial charge in [-0.15, -0.1) is 0 Å². The first-order chi connectivity index (χ1) is 4.36. The minimum atomic E-state index is 0.309. The van der Waals surface area contributed by atoms with E-state index in [-0.39, 0.29) is 0 Å². The smallest absolute Gasteiger partial charge is 0.252 e. The number of nitrogens with zero attached hydrogens (tertiary/aromatic N) is 1. The van der Waals surface area contributed by atoms with Gasteiger partial charge in [-0.05, 0) is 0 Å². The highest BCUT2D eigenvalue weighted by atomic mass is 16.5. The molecule has 1 aromatic rings. The van der Waals surface area contributed by atoms with E-state index in [2.05, 4.69) is 4.98 Å². The Labute approximate surface area is 52.6 Å². The van der Waals surface area contributed by atoms with Gasteiger partial charge in [-0.1, -0.05) is 0 Å². The minimum Gasteiger partial charge on any atom is -0.479 e. The maximum atomic E-state index is 5.21. The molecule has 0 saturated heterocycles. The number of oxazole rings is 1. The van der Waals surface area contributed by atoms with Gasteiger partial charge in [-0.3, -0.25) is 0 Å². The summed E-state index contributed by atoms with van der Waals surface area (Å²) in [7, 11) is 1.53. The van der Waals surface area contributed by atoms with Crippen molar-refractivity contribution in [1.82, 2.24) is 4.98 Å². The predicted octanol–water partition coefficient (Wildman–Crippen LogP) is 0.142. The van der Waals surface area contributed by atoms with Crippen molar-refractivity contribution in [2.45, 2.75) is 6.54 Å². The summed E-state index contributed by atoms with van der Waals surface area (Å²) in [6.07, 6.45) is 1.42. The van der Waals surface area contributed by atoms with Gasteiger partial charge >= 0.3 is 0 Å². The Morgan fingerprint density at radius 2 is 2.67 bits per heavy atom. The average Bonchev–Trinajstić information content (AvgIpc) is 2.34. The van der Waals surface area contributed by atoms with Crippen LogP contribution in [0.15, 0.2) is 10.7 Å². The first kappa shape index (κ1) is 6.10. The van der Waals surface area contributed by atoms with Crippen LogP contribution in [0, 0.1) is 0 Å². The van der Waals surface area contributed by atoms with Gasteiger partial charge in [0.2, 0.25) is 5.89 Å². The second-order valence-corrected chi connectivity index (χ2v) is 1.49. The quantitative estimate of drug-likeness (QED) is 0.615. The summed E-state index contributed by atoms with van der Waals surface area (Å²) in [6, 6.07) is 0. The molecule has 4 heteroatoms. The van der Waals surface area contributed by atoms with Crippen LogP contribution in [-0.2, 0) is 6.54 Å². The lowest BCUT2D eigenvalue weighted by molar-refractivity contribution is 0.395. The van der Waals surface area contributed by atoms with Crippen molar-refractivity contribution in [2.75, 3.05) is 7.11 Å². The highest BCUT2D eigenvalue weighted by Gasteiger charge is 1.98. The van der Waals surface area contributed by atoms with Crippen LogP contribution >= 0.6 is 0 Å². The molecule has 1 rings (SSSR count). The standard InChI is InChI=1S/C5H8N2O2/c1-8-5-3-9-4(2-6)7-5/h3H,2,6H2,1H3. The Kier molecular flexibility index (Phi) is 1.69. The minimum absolute atomic E-state index is 0.309. The van der Waals surface area contributed by atoms with E-state index in [1.165, 1.54) is 13.4 Å². The second-order valence-electron chi connectivity index (χ2n) is 1.49. The van der Waals surface area contributed by atoms with Crippen molar-refractivity contribution >= 4 is 0 Å². The molecule has 0 amide bonds. The summed E-state index contributed by atoms with van der Waals surface area (Å²) in [5, 5.41) is 0. The fraction of sp³-hybridized carbons (Fsp3) is 0.400. The number of methoxy groups -OCH3 is 1. The average molecular weight is 128 g/mol. The van der Waals surface area contributed by atoms with Gasteiger partial charge in [0.05, 0.1) is 13.7 Å². The van der Waals surface area contributed by atoms with Crippen LogP contribution in [-0.4, -0.2) is 12.1 Å². The molecular formula is C5H8N2O2. The number of hydrogen-bond donors (Lipinski definition) is 1. The van der Waals surface area contributed by atoms with E-state index in [0.717, 1.165) is 0 Å². The third-order valence-corrected chi connectivity index (χ3v) is 0.914. The van der Waals surface area contributed by atoms with E-state index in [9.17, 15) is 0 Å². The van der Waals surface area contributed by atoms with E-state index < -0.39 is 0 Å². The normalized spacial score (nSPS) is 9.56. The van der Waals surface area contributed by atoms with E-state index in [4.69, 9.17) is 14.9 Å². The molecule has 0 spiro atoms. The number of rotatable bonds is 2. The summed E-state index contributed by atoms with van der Waals surface area (Å²) in [5.74, 6) is 0.960. The number of aromatic nitrogens is 1. The third-order valence-electron chi connectivity index (χ3n) is 0.914. The Morgan fingerprint density at radius 1 is 1.89 bits per heavy atom. The summed E-state index contributed by atoms with van der Waals surface area (Å²) in [5.41, 5.74) is 5.21. The molecule has 0 fully saturated rings. The van der Waals surface area contributed by atoms with E-state index >= 15 is 0 Å². The Hall–Kier alpha value is -1.03. The van der Waals surface area contributed by atoms with E-state index in [0.29, 0.717) is 18.3 Å². The molecule has 1 aromatic heterocycles. The van der Waals surface area contributed by atoms with Crippen LogP contribution in [0.4, 0.5) is 0 Å². The van der Waals surface area contributed by atoms with Crippen LogP contribution in [0.1, 0.15) is 5.89 Å². The van der Waals surface area contributed by atoms with Gasteiger partial charge in [0, 0.05) is 0 Å². The molecule has 0 bridgehead atoms. The number of hydrogen-bond acceptors (Lipinski definition) is 4. The zero-order chi connectivity index (χ0) is 6.69. The molecule has 2 N–H and O–H groups in total. The Balaban J connectivity index is 2.74. The van der Waals surface area contributed by atoms with Crippen LogP contribution in [0.3, 0.4) is 0 Å². The van der Waals surface area contributed by atoms with E-state index in [1.54, 1.807) is 0 Å². The fourth-order valence-electron chi connectivity index (χ4n) is 0.482. The second kappa shape index (κ2) is 2.50. The van der Waals surface area contributed by atoms with Crippen molar-refractivity contribution < 1.29 is 9.15 Å². The predicted molar refractivity (Wildman–Crippen MR) is 30.9 cm³/mol. The molecule has 0 unspecified atom stereocenters. The Morgan fingerprint density at radius 3 is 3.00 bits per heavy atom. The molecule has 0 aromatic carbocycles.